The first-order chi connectivity index (χ1) is 7.86. The number of rotatable bonds is 1. The van der Waals surface area contributed by atoms with Crippen molar-refractivity contribution in [2.75, 3.05) is 0 Å². The molecule has 3 heteroatoms. The van der Waals surface area contributed by atoms with Gasteiger partial charge in [-0.2, -0.15) is 0 Å². The number of para-hydroxylation sites is 2. The second kappa shape index (κ2) is 3.68. The van der Waals surface area contributed by atoms with Crippen molar-refractivity contribution in [3.05, 3.63) is 54.9 Å². The first-order valence-corrected chi connectivity index (χ1v) is 5.47. The molecule has 78 valence electrons. The molecule has 0 fully saturated rings. The lowest BCUT2D eigenvalue weighted by Crippen LogP contribution is -2.27. The summed E-state index contributed by atoms with van der Waals surface area (Å²) in [5, 5.41) is 0. The highest BCUT2D eigenvalue weighted by molar-refractivity contribution is 7.80. The van der Waals surface area contributed by atoms with Crippen molar-refractivity contribution in [1.29, 1.82) is 0 Å². The summed E-state index contributed by atoms with van der Waals surface area (Å²) in [6.07, 6.45) is 1.71. The van der Waals surface area contributed by atoms with Crippen molar-refractivity contribution >= 4 is 23.7 Å². The van der Waals surface area contributed by atoms with Crippen LogP contribution in [0.1, 0.15) is 0 Å². The standard InChI is InChI=1S/C13H9NOS/c16-12-8-4-7-11-13(12)15-9-14(11)10-5-2-1-3-6-10/h1-9H/p+1. The summed E-state index contributed by atoms with van der Waals surface area (Å²) >= 11 is 4.37. The second-order valence-electron chi connectivity index (χ2n) is 3.55. The summed E-state index contributed by atoms with van der Waals surface area (Å²) in [5.41, 5.74) is 2.92. The zero-order chi connectivity index (χ0) is 11.0. The van der Waals surface area contributed by atoms with Crippen molar-refractivity contribution in [3.63, 3.8) is 0 Å². The van der Waals surface area contributed by atoms with Crippen LogP contribution in [0.2, 0.25) is 0 Å². The Hall–Kier alpha value is -1.74. The van der Waals surface area contributed by atoms with Crippen LogP contribution in [-0.4, -0.2) is 0 Å². The molecule has 0 amide bonds. The maximum absolute atomic E-state index is 5.52. The van der Waals surface area contributed by atoms with Gasteiger partial charge in [0.1, 0.15) is 0 Å². The Kier molecular flexibility index (Phi) is 2.18. The molecule has 2 nitrogen and oxygen atoms in total. The molecule has 0 N–H and O–H groups in total. The van der Waals surface area contributed by atoms with E-state index in [0.717, 1.165) is 21.7 Å². The molecule has 0 saturated heterocycles. The molecule has 3 rings (SSSR count). The monoisotopic (exact) mass is 228 g/mol. The van der Waals surface area contributed by atoms with Crippen molar-refractivity contribution in [2.45, 2.75) is 4.90 Å². The molecule has 0 bridgehead atoms. The first-order valence-electron chi connectivity index (χ1n) is 5.02. The van der Waals surface area contributed by atoms with Crippen LogP contribution in [0.5, 0.6) is 0 Å². The fraction of sp³-hybridized carbons (Fsp3) is 0. The van der Waals surface area contributed by atoms with E-state index >= 15 is 0 Å². The largest absolute Gasteiger partial charge is 0.402 e. The van der Waals surface area contributed by atoms with Crippen LogP contribution in [-0.2, 0) is 0 Å². The van der Waals surface area contributed by atoms with E-state index in [9.17, 15) is 0 Å². The van der Waals surface area contributed by atoms with Gasteiger partial charge in [-0.25, -0.2) is 0 Å². The third kappa shape index (κ3) is 1.41. The molecular formula is C13H10NOS+. The maximum atomic E-state index is 5.52. The molecule has 3 aromatic rings. The predicted octanol–water partition coefficient (Wildman–Crippen LogP) is 3.00. The lowest BCUT2D eigenvalue weighted by Gasteiger charge is -1.91. The van der Waals surface area contributed by atoms with E-state index in [0.29, 0.717) is 0 Å². The zero-order valence-corrected chi connectivity index (χ0v) is 9.39. The highest BCUT2D eigenvalue weighted by Crippen LogP contribution is 2.20. The second-order valence-corrected chi connectivity index (χ2v) is 4.04. The van der Waals surface area contributed by atoms with Crippen molar-refractivity contribution in [2.24, 2.45) is 0 Å². The fourth-order valence-corrected chi connectivity index (χ4v) is 2.03. The first kappa shape index (κ1) is 9.48. The summed E-state index contributed by atoms with van der Waals surface area (Å²) in [6.45, 7) is 0. The van der Waals surface area contributed by atoms with Gasteiger partial charge >= 0.3 is 6.39 Å². The molecule has 2 aromatic carbocycles. The topological polar surface area (TPSA) is 17.0 Å². The van der Waals surface area contributed by atoms with E-state index < -0.39 is 0 Å². The predicted molar refractivity (Wildman–Crippen MR) is 65.0 cm³/mol. The molecule has 0 spiro atoms. The normalized spacial score (nSPS) is 10.8. The molecule has 0 radical (unpaired) electrons. The molecule has 16 heavy (non-hydrogen) atoms. The van der Waals surface area contributed by atoms with Crippen LogP contribution in [0.4, 0.5) is 0 Å². The van der Waals surface area contributed by atoms with Crippen LogP contribution in [0.25, 0.3) is 16.8 Å². The average molecular weight is 228 g/mol. The van der Waals surface area contributed by atoms with Crippen molar-refractivity contribution in [1.82, 2.24) is 0 Å². The van der Waals surface area contributed by atoms with Gasteiger partial charge in [-0.1, -0.05) is 24.3 Å². The highest BCUT2D eigenvalue weighted by Gasteiger charge is 2.16. The number of nitrogens with zero attached hydrogens (tertiary/aromatic N) is 1. The average Bonchev–Trinajstić information content (AvgIpc) is 2.75. The number of thiol groups is 1. The van der Waals surface area contributed by atoms with Crippen molar-refractivity contribution < 1.29 is 8.98 Å². The Morgan fingerprint density at radius 2 is 1.75 bits per heavy atom. The van der Waals surface area contributed by atoms with E-state index in [4.69, 9.17) is 4.42 Å². The van der Waals surface area contributed by atoms with E-state index in [1.54, 1.807) is 6.39 Å². The third-order valence-corrected chi connectivity index (χ3v) is 2.90. The number of fused-ring (bicyclic) bond motifs is 1. The lowest BCUT2D eigenvalue weighted by molar-refractivity contribution is -0.573. The number of benzene rings is 2. The Labute approximate surface area is 98.5 Å². The molecule has 1 aromatic heterocycles. The Morgan fingerprint density at radius 1 is 0.938 bits per heavy atom. The molecular weight excluding hydrogens is 218 g/mol. The van der Waals surface area contributed by atoms with E-state index in [-0.39, 0.29) is 0 Å². The van der Waals surface area contributed by atoms with Crippen LogP contribution in [0, 0.1) is 0 Å². The number of aromatic nitrogens is 1. The van der Waals surface area contributed by atoms with Gasteiger partial charge in [0.25, 0.3) is 5.52 Å². The molecule has 0 aliphatic rings. The molecule has 0 atom stereocenters. The molecule has 0 saturated carbocycles. The Balaban J connectivity index is 2.30. The van der Waals surface area contributed by atoms with E-state index in [1.807, 2.05) is 53.1 Å². The van der Waals surface area contributed by atoms with E-state index in [2.05, 4.69) is 12.6 Å². The fourth-order valence-electron chi connectivity index (χ4n) is 1.77. The van der Waals surface area contributed by atoms with Crippen LogP contribution in [0.15, 0.2) is 64.2 Å². The number of hydrogen-bond donors (Lipinski definition) is 1. The summed E-state index contributed by atoms with van der Waals surface area (Å²) in [5.74, 6) is 0. The Morgan fingerprint density at radius 3 is 2.56 bits per heavy atom. The zero-order valence-electron chi connectivity index (χ0n) is 8.50. The van der Waals surface area contributed by atoms with E-state index in [1.165, 1.54) is 0 Å². The smallest absolute Gasteiger partial charge is 0.341 e. The van der Waals surface area contributed by atoms with Gasteiger partial charge in [0.05, 0.1) is 4.90 Å². The van der Waals surface area contributed by atoms with Gasteiger partial charge < -0.3 is 4.42 Å². The summed E-state index contributed by atoms with van der Waals surface area (Å²) in [4.78, 5) is 0.854. The SMILES string of the molecule is Sc1cccc2c1oc[n+]2-c1ccccc1. The van der Waals surface area contributed by atoms with Crippen LogP contribution >= 0.6 is 12.6 Å². The van der Waals surface area contributed by atoms with Gasteiger partial charge in [0, 0.05) is 18.2 Å². The van der Waals surface area contributed by atoms with Gasteiger partial charge in [-0.3, -0.25) is 0 Å². The van der Waals surface area contributed by atoms with Crippen molar-refractivity contribution in [3.8, 4) is 5.69 Å². The van der Waals surface area contributed by atoms with Gasteiger partial charge in [0.15, 0.2) is 0 Å². The van der Waals surface area contributed by atoms with Crippen LogP contribution in [0.3, 0.4) is 0 Å². The molecule has 0 aliphatic heterocycles. The summed E-state index contributed by atoms with van der Waals surface area (Å²) in [6, 6.07) is 16.0. The summed E-state index contributed by atoms with van der Waals surface area (Å²) < 4.78 is 7.53. The molecule has 1 heterocycles. The lowest BCUT2D eigenvalue weighted by atomic mass is 10.3. The number of oxazole rings is 1. The maximum Gasteiger partial charge on any atom is 0.341 e. The third-order valence-electron chi connectivity index (χ3n) is 2.54. The van der Waals surface area contributed by atoms with Gasteiger partial charge in [0.2, 0.25) is 11.3 Å². The highest BCUT2D eigenvalue weighted by atomic mass is 32.1. The minimum Gasteiger partial charge on any atom is -0.402 e. The Bertz CT molecular complexity index is 631. The molecule has 0 unspecified atom stereocenters. The minimum atomic E-state index is 0.815. The quantitative estimate of drug-likeness (QED) is 0.500. The summed E-state index contributed by atoms with van der Waals surface area (Å²) in [7, 11) is 0. The minimum absolute atomic E-state index is 0.815. The molecule has 0 aliphatic carbocycles. The van der Waals surface area contributed by atoms with Crippen LogP contribution < -0.4 is 4.57 Å². The number of hydrogen-bond acceptors (Lipinski definition) is 2. The van der Waals surface area contributed by atoms with Gasteiger partial charge in [-0.05, 0) is 6.07 Å². The van der Waals surface area contributed by atoms with Gasteiger partial charge in [-0.15, -0.1) is 17.2 Å².